The van der Waals surface area contributed by atoms with E-state index in [0.717, 1.165) is 116 Å². The monoisotopic (exact) mass is 1060 g/mol. The Morgan fingerprint density at radius 1 is 0.344 bits per heavy atom. The van der Waals surface area contributed by atoms with Gasteiger partial charge in [0.2, 0.25) is 0 Å². The number of rotatable bonds is 39. The zero-order valence-corrected chi connectivity index (χ0v) is 48.1. The average molecular weight is 1060 g/mol. The van der Waals surface area contributed by atoms with Gasteiger partial charge in [0.05, 0.1) is 18.3 Å². The van der Waals surface area contributed by atoms with Crippen molar-refractivity contribution in [1.29, 1.82) is 0 Å². The van der Waals surface area contributed by atoms with Gasteiger partial charge in [-0.25, -0.2) is 0 Å². The average Bonchev–Trinajstić information content (AvgIpc) is 3.18. The van der Waals surface area contributed by atoms with E-state index < -0.39 is 22.8 Å². The maximum atomic E-state index is 12.1. The van der Waals surface area contributed by atoms with Gasteiger partial charge in [-0.1, -0.05) is 197 Å². The van der Waals surface area contributed by atoms with Crippen LogP contribution in [0.25, 0.3) is 0 Å². The molecule has 0 bridgehead atoms. The number of hydrogen-bond donors (Lipinski definition) is 0. The first-order chi connectivity index (χ1) is 28.3. The Bertz CT molecular complexity index is 941. The van der Waals surface area contributed by atoms with Crippen molar-refractivity contribution in [3.63, 3.8) is 0 Å². The summed E-state index contributed by atoms with van der Waals surface area (Å²) in [6.45, 7) is 24.8. The van der Waals surface area contributed by atoms with Crippen LogP contribution in [0.15, 0.2) is 0 Å². The fourth-order valence-corrected chi connectivity index (χ4v) is 12.8. The quantitative estimate of drug-likeness (QED) is 0.0433. The minimum absolute atomic E-state index is 0. The van der Waals surface area contributed by atoms with Crippen LogP contribution in [-0.2, 0) is 27.3 Å². The van der Waals surface area contributed by atoms with Crippen molar-refractivity contribution in [2.75, 3.05) is 18.5 Å². The molecule has 0 aliphatic heterocycles. The maximum absolute atomic E-state index is 12.1. The van der Waals surface area contributed by atoms with Crippen LogP contribution in [0, 0.1) is 58.6 Å². The van der Waals surface area contributed by atoms with Gasteiger partial charge in [0.15, 0.2) is 0 Å². The molecule has 9 atom stereocenters. The number of unbranched alkanes of at least 4 members (excludes halogenated alkanes) is 12. The van der Waals surface area contributed by atoms with Crippen molar-refractivity contribution in [2.45, 2.75) is 275 Å². The molecule has 0 spiro atoms. The molecule has 0 amide bonds. The zero-order chi connectivity index (χ0) is 46.3. The van der Waals surface area contributed by atoms with Gasteiger partial charge < -0.3 is 41.9 Å². The molecule has 0 heterocycles. The van der Waals surface area contributed by atoms with Gasteiger partial charge in [-0.15, -0.1) is 0 Å². The van der Waals surface area contributed by atoms with Gasteiger partial charge in [-0.3, -0.25) is 0 Å². The summed E-state index contributed by atoms with van der Waals surface area (Å²) in [7, 11) is -11.0. The van der Waals surface area contributed by atoms with E-state index in [1.807, 2.05) is 20.8 Å². The molecule has 0 aliphatic rings. The minimum atomic E-state index is -3.67. The van der Waals surface area contributed by atoms with E-state index in [4.69, 9.17) is 13.6 Å². The summed E-state index contributed by atoms with van der Waals surface area (Å²) >= 11 is 0. The molecule has 0 aromatic rings. The Hall–Kier alpha value is 1.80. The summed E-state index contributed by atoms with van der Waals surface area (Å²) in [5.41, 5.74) is 0. The largest absolute Gasteiger partial charge is 3.00 e. The second-order valence-electron chi connectivity index (χ2n) is 17.9. The van der Waals surface area contributed by atoms with Crippen molar-refractivity contribution < 1.29 is 82.8 Å². The summed E-state index contributed by atoms with van der Waals surface area (Å²) in [6, 6.07) is 0. The molecule has 61 heavy (non-hydrogen) atoms. The van der Waals surface area contributed by atoms with E-state index >= 15 is 0 Å². The fraction of sp³-hybridized carbons (Fsp3) is 1.00. The topological polar surface area (TPSA) is 148 Å². The molecule has 0 aliphatic carbocycles. The second-order valence-corrected chi connectivity index (χ2v) is 23.3. The summed E-state index contributed by atoms with van der Waals surface area (Å²) in [5, 5.41) is 0. The Labute approximate surface area is 413 Å². The third kappa shape index (κ3) is 48.1. The van der Waals surface area contributed by atoms with Crippen LogP contribution in [-0.4, -0.2) is 36.8 Å². The van der Waals surface area contributed by atoms with E-state index in [1.165, 1.54) is 57.8 Å². The SMILES string of the molecule is CCCCCCC(C)OP(=O)([O-])CC(CC)CCCC.CCCCCCC(C)OP(=O)([O-])CC(CC)CCCC.CCCCCCC(C)OP(=O)([O-])CC(CC)CCCC.[Nd+3]. The summed E-state index contributed by atoms with van der Waals surface area (Å²) in [4.78, 5) is 36.2. The summed E-state index contributed by atoms with van der Waals surface area (Å²) in [6.07, 6.45) is 29.0. The molecule has 9 nitrogen and oxygen atoms in total. The standard InChI is InChI=1S/3C16H35O3P.Nd/c3*1-5-8-10-11-12-15(4)19-20(17,18)14-16(7-3)13-9-6-2;/h3*15-16H,5-14H2,1-4H3,(H,17,18);/q;;;+3/p-3. The van der Waals surface area contributed by atoms with E-state index in [0.29, 0.717) is 0 Å². The van der Waals surface area contributed by atoms with E-state index in [1.54, 1.807) is 0 Å². The van der Waals surface area contributed by atoms with Crippen molar-refractivity contribution in [2.24, 2.45) is 17.8 Å². The first-order valence-electron chi connectivity index (χ1n) is 25.3. The van der Waals surface area contributed by atoms with Crippen LogP contribution in [0.4, 0.5) is 0 Å². The molecule has 0 N–H and O–H groups in total. The van der Waals surface area contributed by atoms with Crippen LogP contribution >= 0.6 is 22.8 Å². The van der Waals surface area contributed by atoms with Crippen molar-refractivity contribution in [3.8, 4) is 0 Å². The maximum Gasteiger partial charge on any atom is 3.00 e. The normalized spacial score (nSPS) is 17.4. The molecule has 9 unspecified atom stereocenters. The molecule has 0 aromatic carbocycles. The van der Waals surface area contributed by atoms with E-state index in [-0.39, 0.29) is 95.4 Å². The molecule has 0 fully saturated rings. The fourth-order valence-electron chi connectivity index (χ4n) is 7.39. The molecule has 0 rings (SSSR count). The van der Waals surface area contributed by atoms with Crippen LogP contribution in [0.2, 0.25) is 0 Å². The third-order valence-electron chi connectivity index (χ3n) is 11.5. The van der Waals surface area contributed by atoms with Gasteiger partial charge in [0, 0.05) is 18.5 Å². The van der Waals surface area contributed by atoms with Gasteiger partial charge in [0.1, 0.15) is 22.8 Å². The Kier molecular flexibility index (Phi) is 51.8. The van der Waals surface area contributed by atoms with Crippen LogP contribution < -0.4 is 14.7 Å². The molecule has 367 valence electrons. The predicted octanol–water partition coefficient (Wildman–Crippen LogP) is 15.4. The Morgan fingerprint density at radius 3 is 0.738 bits per heavy atom. The van der Waals surface area contributed by atoms with Crippen LogP contribution in [0.5, 0.6) is 0 Å². The predicted molar refractivity (Wildman–Crippen MR) is 255 cm³/mol. The molecular weight excluding hydrogens is 958 g/mol. The third-order valence-corrected chi connectivity index (χ3v) is 16.4. The molecule has 0 saturated carbocycles. The first kappa shape index (κ1) is 69.4. The van der Waals surface area contributed by atoms with Crippen molar-refractivity contribution >= 4 is 22.8 Å². The van der Waals surface area contributed by atoms with E-state index in [9.17, 15) is 28.4 Å². The smallest absolute Gasteiger partial charge is 0.778 e. The second kappa shape index (κ2) is 45.6. The molecular formula is C48H102NdO9P3. The van der Waals surface area contributed by atoms with Gasteiger partial charge >= 0.3 is 40.8 Å². The molecule has 0 saturated heterocycles. The molecule has 13 heteroatoms. The minimum Gasteiger partial charge on any atom is -0.778 e. The summed E-state index contributed by atoms with van der Waals surface area (Å²) in [5.74, 6) is 0.765. The molecule has 1 radical (unpaired) electrons. The Morgan fingerprint density at radius 2 is 0.557 bits per heavy atom. The van der Waals surface area contributed by atoms with E-state index in [2.05, 4.69) is 62.3 Å². The molecule has 0 aromatic heterocycles. The zero-order valence-electron chi connectivity index (χ0n) is 42.2. The van der Waals surface area contributed by atoms with Gasteiger partial charge in [-0.2, -0.15) is 0 Å². The van der Waals surface area contributed by atoms with Gasteiger partial charge in [0.25, 0.3) is 0 Å². The summed E-state index contributed by atoms with van der Waals surface area (Å²) < 4.78 is 52.2. The Balaban J connectivity index is -0.000000396. The van der Waals surface area contributed by atoms with Crippen molar-refractivity contribution in [3.05, 3.63) is 0 Å². The first-order valence-corrected chi connectivity index (χ1v) is 30.5. The van der Waals surface area contributed by atoms with Gasteiger partial charge in [-0.05, 0) is 77.0 Å². The van der Waals surface area contributed by atoms with Crippen LogP contribution in [0.1, 0.15) is 256 Å². The van der Waals surface area contributed by atoms with Crippen LogP contribution in [0.3, 0.4) is 0 Å². The van der Waals surface area contributed by atoms with Crippen molar-refractivity contribution in [1.82, 2.24) is 0 Å². The number of hydrogen-bond acceptors (Lipinski definition) is 9.